The van der Waals surface area contributed by atoms with Crippen LogP contribution in [0.15, 0.2) is 217 Å². The van der Waals surface area contributed by atoms with Crippen LogP contribution >= 0.6 is 0 Å². The van der Waals surface area contributed by atoms with Crippen LogP contribution in [0, 0.1) is 0 Å². The van der Waals surface area contributed by atoms with E-state index in [1.54, 1.807) is 0 Å². The van der Waals surface area contributed by atoms with E-state index in [1.165, 1.54) is 44.2 Å². The van der Waals surface area contributed by atoms with E-state index in [2.05, 4.69) is 210 Å². The van der Waals surface area contributed by atoms with E-state index in [0.717, 1.165) is 61.2 Å². The van der Waals surface area contributed by atoms with Crippen molar-refractivity contribution in [1.29, 1.82) is 0 Å². The molecule has 57 heavy (non-hydrogen) atoms. The average molecular weight is 729 g/mol. The zero-order chi connectivity index (χ0) is 37.7. The van der Waals surface area contributed by atoms with Gasteiger partial charge < -0.3 is 14.3 Å². The van der Waals surface area contributed by atoms with E-state index in [-0.39, 0.29) is 0 Å². The van der Waals surface area contributed by atoms with Gasteiger partial charge in [0.2, 0.25) is 0 Å². The van der Waals surface area contributed by atoms with Gasteiger partial charge in [-0.25, -0.2) is 0 Å². The third-order valence-electron chi connectivity index (χ3n) is 11.3. The quantitative estimate of drug-likeness (QED) is 0.177. The Morgan fingerprint density at radius 3 is 1.42 bits per heavy atom. The van der Waals surface area contributed by atoms with Crippen molar-refractivity contribution in [3.05, 3.63) is 212 Å². The number of H-pyrrole nitrogens is 1. The summed E-state index contributed by atoms with van der Waals surface area (Å²) >= 11 is 0. The zero-order valence-electron chi connectivity index (χ0n) is 31.1. The molecule has 11 rings (SSSR count). The lowest BCUT2D eigenvalue weighted by Crippen LogP contribution is -2.09. The van der Waals surface area contributed by atoms with Crippen LogP contribution in [0.5, 0.6) is 0 Å². The van der Waals surface area contributed by atoms with Crippen molar-refractivity contribution in [3.63, 3.8) is 0 Å². The Hall–Kier alpha value is -7.62. The molecule has 0 aliphatic heterocycles. The summed E-state index contributed by atoms with van der Waals surface area (Å²) in [4.78, 5) is 6.02. The van der Waals surface area contributed by atoms with Crippen molar-refractivity contribution in [1.82, 2.24) is 4.98 Å². The number of nitrogens with zero attached hydrogens (tertiary/aromatic N) is 1. The molecule has 9 aromatic carbocycles. The van der Waals surface area contributed by atoms with Gasteiger partial charge in [0.15, 0.2) is 0 Å². The average Bonchev–Trinajstić information content (AvgIpc) is 3.87. The maximum Gasteiger partial charge on any atom is 0.143 e. The minimum absolute atomic E-state index is 0.905. The molecule has 11 aromatic rings. The van der Waals surface area contributed by atoms with E-state index in [1.807, 2.05) is 12.1 Å². The Morgan fingerprint density at radius 2 is 0.772 bits per heavy atom. The maximum absolute atomic E-state index is 6.41. The largest absolute Gasteiger partial charge is 0.455 e. The molecule has 2 aromatic heterocycles. The number of anilines is 3. The molecule has 0 aliphatic rings. The number of hydrogen-bond donors (Lipinski definition) is 1. The summed E-state index contributed by atoms with van der Waals surface area (Å²) < 4.78 is 6.41. The lowest BCUT2D eigenvalue weighted by Gasteiger charge is -2.26. The highest BCUT2D eigenvalue weighted by atomic mass is 16.3. The number of hydrogen-bond acceptors (Lipinski definition) is 2. The lowest BCUT2D eigenvalue weighted by atomic mass is 9.99. The number of rotatable bonds is 7. The Morgan fingerprint density at radius 1 is 0.316 bits per heavy atom. The molecule has 0 bridgehead atoms. The fourth-order valence-electron chi connectivity index (χ4n) is 8.40. The topological polar surface area (TPSA) is 32.2 Å². The van der Waals surface area contributed by atoms with Crippen molar-refractivity contribution in [2.24, 2.45) is 0 Å². The third kappa shape index (κ3) is 5.76. The molecule has 0 atom stereocenters. The van der Waals surface area contributed by atoms with Gasteiger partial charge in [-0.2, -0.15) is 0 Å². The van der Waals surface area contributed by atoms with Crippen LogP contribution < -0.4 is 4.90 Å². The molecular weight excluding hydrogens is 693 g/mol. The van der Waals surface area contributed by atoms with Crippen LogP contribution in [0.3, 0.4) is 0 Å². The van der Waals surface area contributed by atoms with Crippen LogP contribution in [0.4, 0.5) is 17.1 Å². The van der Waals surface area contributed by atoms with Crippen molar-refractivity contribution >= 4 is 60.8 Å². The van der Waals surface area contributed by atoms with Gasteiger partial charge in [0.05, 0.1) is 5.52 Å². The van der Waals surface area contributed by atoms with Crippen LogP contribution in [0.25, 0.3) is 88.3 Å². The molecule has 1 N–H and O–H groups in total. The van der Waals surface area contributed by atoms with Gasteiger partial charge in [-0.05, 0) is 81.9 Å². The second-order valence-electron chi connectivity index (χ2n) is 14.6. The molecule has 0 spiro atoms. The summed E-state index contributed by atoms with van der Waals surface area (Å²) in [6.07, 6.45) is 0. The molecule has 0 radical (unpaired) electrons. The smallest absolute Gasteiger partial charge is 0.143 e. The Bertz CT molecular complexity index is 3040. The molecule has 2 heterocycles. The molecule has 0 amide bonds. The molecule has 0 saturated carbocycles. The normalized spacial score (nSPS) is 11.5. The molecule has 0 saturated heterocycles. The minimum Gasteiger partial charge on any atom is -0.455 e. The Labute approximate surface area is 330 Å². The van der Waals surface area contributed by atoms with E-state index in [9.17, 15) is 0 Å². The molecule has 0 fully saturated rings. The van der Waals surface area contributed by atoms with Gasteiger partial charge in [-0.15, -0.1) is 0 Å². The maximum atomic E-state index is 6.41. The summed E-state index contributed by atoms with van der Waals surface area (Å²) in [5.74, 6) is 0. The molecule has 268 valence electrons. The van der Waals surface area contributed by atoms with Gasteiger partial charge in [0.25, 0.3) is 0 Å². The van der Waals surface area contributed by atoms with Gasteiger partial charge in [-0.3, -0.25) is 0 Å². The van der Waals surface area contributed by atoms with Crippen molar-refractivity contribution < 1.29 is 4.42 Å². The third-order valence-corrected chi connectivity index (χ3v) is 11.3. The monoisotopic (exact) mass is 728 g/mol. The van der Waals surface area contributed by atoms with Gasteiger partial charge >= 0.3 is 0 Å². The summed E-state index contributed by atoms with van der Waals surface area (Å²) in [6, 6.07) is 75.8. The van der Waals surface area contributed by atoms with Gasteiger partial charge in [0, 0.05) is 55.3 Å². The summed E-state index contributed by atoms with van der Waals surface area (Å²) in [5.41, 5.74) is 16.7. The first-order chi connectivity index (χ1) is 28.2. The van der Waals surface area contributed by atoms with E-state index < -0.39 is 0 Å². The number of para-hydroxylation sites is 4. The number of benzene rings is 9. The first kappa shape index (κ1) is 32.8. The predicted molar refractivity (Wildman–Crippen MR) is 240 cm³/mol. The second kappa shape index (κ2) is 13.6. The molecule has 3 nitrogen and oxygen atoms in total. The summed E-state index contributed by atoms with van der Waals surface area (Å²) in [6.45, 7) is 0. The van der Waals surface area contributed by atoms with E-state index in [0.29, 0.717) is 0 Å². The Balaban J connectivity index is 0.972. The molecular formula is C54H36N2O. The second-order valence-corrected chi connectivity index (χ2v) is 14.6. The summed E-state index contributed by atoms with van der Waals surface area (Å²) in [7, 11) is 0. The van der Waals surface area contributed by atoms with Crippen molar-refractivity contribution in [2.45, 2.75) is 0 Å². The standard InChI is InChI=1S/C54H36N2O/c1-2-10-36(11-3-1)37-20-22-38(23-21-37)39-24-30-42(31-25-39)56(43-32-26-40(27-33-43)45-14-8-16-49-47-12-4-6-18-51(47)55-53(45)49)44-34-28-41(29-35-44)46-15-9-17-50-48-13-5-7-19-52(48)57-54(46)50/h1-35,55H. The molecule has 0 unspecified atom stereocenters. The van der Waals surface area contributed by atoms with Crippen LogP contribution in [0.2, 0.25) is 0 Å². The highest BCUT2D eigenvalue weighted by molar-refractivity contribution is 6.12. The van der Waals surface area contributed by atoms with Gasteiger partial charge in [0.1, 0.15) is 11.2 Å². The lowest BCUT2D eigenvalue weighted by molar-refractivity contribution is 0.670. The number of fused-ring (bicyclic) bond motifs is 6. The molecule has 3 heteroatoms. The zero-order valence-corrected chi connectivity index (χ0v) is 31.1. The fraction of sp³-hybridized carbons (Fsp3) is 0. The van der Waals surface area contributed by atoms with Crippen LogP contribution in [-0.2, 0) is 0 Å². The predicted octanol–water partition coefficient (Wildman–Crippen LogP) is 15.4. The highest BCUT2D eigenvalue weighted by Crippen LogP contribution is 2.41. The number of furan rings is 1. The molecule has 0 aliphatic carbocycles. The van der Waals surface area contributed by atoms with Crippen LogP contribution in [-0.4, -0.2) is 4.98 Å². The first-order valence-corrected chi connectivity index (χ1v) is 19.4. The van der Waals surface area contributed by atoms with Crippen LogP contribution in [0.1, 0.15) is 0 Å². The summed E-state index contributed by atoms with van der Waals surface area (Å²) in [5, 5.41) is 4.75. The van der Waals surface area contributed by atoms with E-state index >= 15 is 0 Å². The van der Waals surface area contributed by atoms with Gasteiger partial charge in [-0.1, -0.05) is 164 Å². The number of aromatic nitrogens is 1. The van der Waals surface area contributed by atoms with Crippen molar-refractivity contribution in [2.75, 3.05) is 4.90 Å². The SMILES string of the molecule is c1ccc(-c2ccc(-c3ccc(N(c4ccc(-c5cccc6c5[nH]c5ccccc56)cc4)c4ccc(-c5cccc6c5oc5ccccc56)cc4)cc3)cc2)cc1. The highest BCUT2D eigenvalue weighted by Gasteiger charge is 2.17. The van der Waals surface area contributed by atoms with E-state index in [4.69, 9.17) is 4.42 Å². The Kier molecular flexibility index (Phi) is 7.82. The number of aromatic amines is 1. The fourth-order valence-corrected chi connectivity index (χ4v) is 8.40. The van der Waals surface area contributed by atoms with Crippen molar-refractivity contribution in [3.8, 4) is 44.5 Å². The number of nitrogens with one attached hydrogen (secondary N) is 1. The first-order valence-electron chi connectivity index (χ1n) is 19.4. The minimum atomic E-state index is 0.905.